The van der Waals surface area contributed by atoms with Crippen molar-refractivity contribution in [1.29, 1.82) is 0 Å². The van der Waals surface area contributed by atoms with Crippen molar-refractivity contribution in [2.24, 2.45) is 5.73 Å². The van der Waals surface area contributed by atoms with Crippen molar-refractivity contribution in [1.82, 2.24) is 0 Å². The molecule has 0 atom stereocenters. The van der Waals surface area contributed by atoms with Crippen LogP contribution < -0.4 is 5.73 Å². The first-order valence-electron chi connectivity index (χ1n) is 4.40. The van der Waals surface area contributed by atoms with E-state index in [0.717, 1.165) is 12.8 Å². The smallest absolute Gasteiger partial charge is 0.332 e. The Morgan fingerprint density at radius 1 is 1.54 bits per heavy atom. The third-order valence-corrected chi connectivity index (χ3v) is 1.80. The normalized spacial score (nSPS) is 19.9. The van der Waals surface area contributed by atoms with Crippen molar-refractivity contribution in [3.8, 4) is 0 Å². The molecule has 1 saturated heterocycles. The molecular weight excluding hydrogens is 170 g/mol. The van der Waals surface area contributed by atoms with Crippen LogP contribution in [0.4, 0.5) is 0 Å². The number of nitrogens with two attached hydrogens (primary N) is 1. The van der Waals surface area contributed by atoms with Gasteiger partial charge in [0.1, 0.15) is 6.10 Å². The lowest BCUT2D eigenvalue weighted by Crippen LogP contribution is -2.25. The fraction of sp³-hybridized carbons (Fsp3) is 0.667. The fourth-order valence-corrected chi connectivity index (χ4v) is 1.18. The van der Waals surface area contributed by atoms with Crippen LogP contribution in [0.1, 0.15) is 19.8 Å². The van der Waals surface area contributed by atoms with Crippen molar-refractivity contribution in [2.75, 3.05) is 13.2 Å². The zero-order valence-electron chi connectivity index (χ0n) is 7.79. The first kappa shape index (κ1) is 10.1. The monoisotopic (exact) mass is 185 g/mol. The van der Waals surface area contributed by atoms with E-state index in [1.807, 2.05) is 0 Å². The Balaban J connectivity index is 2.30. The van der Waals surface area contributed by atoms with E-state index in [0.29, 0.717) is 18.9 Å². The largest absolute Gasteiger partial charge is 0.459 e. The van der Waals surface area contributed by atoms with Gasteiger partial charge in [-0.05, 0) is 6.92 Å². The number of hydrogen-bond donors (Lipinski definition) is 1. The van der Waals surface area contributed by atoms with E-state index in [1.54, 1.807) is 6.92 Å². The molecule has 1 aliphatic rings. The van der Waals surface area contributed by atoms with Crippen LogP contribution >= 0.6 is 0 Å². The third-order valence-electron chi connectivity index (χ3n) is 1.80. The highest BCUT2D eigenvalue weighted by atomic mass is 16.5. The van der Waals surface area contributed by atoms with Crippen LogP contribution in [-0.2, 0) is 14.3 Å². The number of allylic oxidation sites excluding steroid dienone is 1. The van der Waals surface area contributed by atoms with E-state index in [-0.39, 0.29) is 12.1 Å². The molecule has 0 unspecified atom stereocenters. The maximum Gasteiger partial charge on any atom is 0.332 e. The molecule has 4 nitrogen and oxygen atoms in total. The van der Waals surface area contributed by atoms with Gasteiger partial charge in [-0.15, -0.1) is 0 Å². The van der Waals surface area contributed by atoms with E-state index in [9.17, 15) is 4.79 Å². The van der Waals surface area contributed by atoms with E-state index < -0.39 is 0 Å². The molecule has 13 heavy (non-hydrogen) atoms. The maximum atomic E-state index is 11.1. The minimum Gasteiger partial charge on any atom is -0.459 e. The molecule has 0 aromatic carbocycles. The van der Waals surface area contributed by atoms with Crippen LogP contribution in [0.5, 0.6) is 0 Å². The molecule has 0 bridgehead atoms. The molecule has 1 fully saturated rings. The predicted octanol–water partition coefficient (Wildman–Crippen LogP) is 0.571. The second kappa shape index (κ2) is 4.87. The van der Waals surface area contributed by atoms with E-state index in [2.05, 4.69) is 0 Å². The van der Waals surface area contributed by atoms with Crippen LogP contribution in [-0.4, -0.2) is 25.3 Å². The second-order valence-electron chi connectivity index (χ2n) is 3.14. The average Bonchev–Trinajstić information content (AvgIpc) is 2.04. The Kier molecular flexibility index (Phi) is 3.76. The summed E-state index contributed by atoms with van der Waals surface area (Å²) in [4.78, 5) is 11.1. The van der Waals surface area contributed by atoms with Crippen LogP contribution in [0, 0.1) is 0 Å². The zero-order valence-corrected chi connectivity index (χ0v) is 7.79. The molecule has 74 valence electrons. The highest BCUT2D eigenvalue weighted by Crippen LogP contribution is 2.10. The highest BCUT2D eigenvalue weighted by Gasteiger charge is 2.16. The highest BCUT2D eigenvalue weighted by molar-refractivity contribution is 5.82. The van der Waals surface area contributed by atoms with Gasteiger partial charge in [-0.2, -0.15) is 0 Å². The van der Waals surface area contributed by atoms with Crippen molar-refractivity contribution in [2.45, 2.75) is 25.9 Å². The van der Waals surface area contributed by atoms with Gasteiger partial charge >= 0.3 is 5.97 Å². The van der Waals surface area contributed by atoms with Crippen molar-refractivity contribution in [3.05, 3.63) is 11.8 Å². The molecule has 0 aromatic heterocycles. The molecule has 0 amide bonds. The van der Waals surface area contributed by atoms with Gasteiger partial charge in [-0.1, -0.05) is 0 Å². The van der Waals surface area contributed by atoms with Crippen molar-refractivity contribution >= 4 is 5.97 Å². The number of rotatable bonds is 2. The van der Waals surface area contributed by atoms with Crippen LogP contribution in [0.15, 0.2) is 11.8 Å². The van der Waals surface area contributed by atoms with Gasteiger partial charge in [0.2, 0.25) is 0 Å². The lowest BCUT2D eigenvalue weighted by molar-refractivity contribution is -0.147. The molecule has 1 aliphatic heterocycles. The number of carbonyl (C=O) groups is 1. The SMILES string of the molecule is C/C(N)=C/C(=O)OC1CCOCC1. The summed E-state index contributed by atoms with van der Waals surface area (Å²) in [5, 5.41) is 0. The van der Waals surface area contributed by atoms with E-state index in [4.69, 9.17) is 15.2 Å². The third kappa shape index (κ3) is 3.94. The van der Waals surface area contributed by atoms with E-state index in [1.165, 1.54) is 6.08 Å². The lowest BCUT2D eigenvalue weighted by Gasteiger charge is -2.21. The molecular formula is C9H15NO3. The standard InChI is InChI=1S/C9H15NO3/c1-7(10)6-9(11)13-8-2-4-12-5-3-8/h6,8H,2-5,10H2,1H3/b7-6-. The summed E-state index contributed by atoms with van der Waals surface area (Å²) in [6.45, 7) is 3.00. The maximum absolute atomic E-state index is 11.1. The summed E-state index contributed by atoms with van der Waals surface area (Å²) >= 11 is 0. The molecule has 0 radical (unpaired) electrons. The summed E-state index contributed by atoms with van der Waals surface area (Å²) in [5.41, 5.74) is 5.80. The summed E-state index contributed by atoms with van der Waals surface area (Å²) in [5.74, 6) is -0.355. The Bertz CT molecular complexity index is 203. The van der Waals surface area contributed by atoms with Gasteiger partial charge < -0.3 is 15.2 Å². The first-order chi connectivity index (χ1) is 6.18. The molecule has 0 spiro atoms. The van der Waals surface area contributed by atoms with Gasteiger partial charge in [-0.25, -0.2) is 4.79 Å². The van der Waals surface area contributed by atoms with Gasteiger partial charge in [-0.3, -0.25) is 0 Å². The Morgan fingerprint density at radius 3 is 2.69 bits per heavy atom. The summed E-state index contributed by atoms with van der Waals surface area (Å²) in [6, 6.07) is 0. The molecule has 2 N–H and O–H groups in total. The quantitative estimate of drug-likeness (QED) is 0.504. The van der Waals surface area contributed by atoms with Crippen molar-refractivity contribution < 1.29 is 14.3 Å². The first-order valence-corrected chi connectivity index (χ1v) is 4.40. The summed E-state index contributed by atoms with van der Waals surface area (Å²) in [7, 11) is 0. The molecule has 1 heterocycles. The second-order valence-corrected chi connectivity index (χ2v) is 3.14. The molecule has 0 aromatic rings. The van der Waals surface area contributed by atoms with E-state index >= 15 is 0 Å². The van der Waals surface area contributed by atoms with Crippen molar-refractivity contribution in [3.63, 3.8) is 0 Å². The zero-order chi connectivity index (χ0) is 9.68. The Morgan fingerprint density at radius 2 is 2.15 bits per heavy atom. The fourth-order valence-electron chi connectivity index (χ4n) is 1.18. The topological polar surface area (TPSA) is 61.6 Å². The Hall–Kier alpha value is -1.03. The number of carbonyl (C=O) groups excluding carboxylic acids is 1. The van der Waals surface area contributed by atoms with Gasteiger partial charge in [0.05, 0.1) is 13.2 Å². The van der Waals surface area contributed by atoms with Gasteiger partial charge in [0.25, 0.3) is 0 Å². The average molecular weight is 185 g/mol. The van der Waals surface area contributed by atoms with Gasteiger partial charge in [0.15, 0.2) is 0 Å². The Labute approximate surface area is 77.7 Å². The van der Waals surface area contributed by atoms with Crippen LogP contribution in [0.25, 0.3) is 0 Å². The predicted molar refractivity (Wildman–Crippen MR) is 47.9 cm³/mol. The lowest BCUT2D eigenvalue weighted by atomic mass is 10.1. The molecule has 4 heteroatoms. The summed E-state index contributed by atoms with van der Waals surface area (Å²) in [6.07, 6.45) is 2.86. The number of esters is 1. The molecule has 0 aliphatic carbocycles. The molecule has 0 saturated carbocycles. The minimum absolute atomic E-state index is 0.00292. The minimum atomic E-state index is -0.355. The molecule has 1 rings (SSSR count). The number of hydrogen-bond acceptors (Lipinski definition) is 4. The van der Waals surface area contributed by atoms with Gasteiger partial charge in [0, 0.05) is 24.6 Å². The number of ether oxygens (including phenoxy) is 2. The van der Waals surface area contributed by atoms with Crippen LogP contribution in [0.2, 0.25) is 0 Å². The summed E-state index contributed by atoms with van der Waals surface area (Å²) < 4.78 is 10.3. The van der Waals surface area contributed by atoms with Crippen LogP contribution in [0.3, 0.4) is 0 Å².